The minimum absolute atomic E-state index is 0.864. The molecule has 0 bridgehead atoms. The Bertz CT molecular complexity index is 1320. The first-order valence-corrected chi connectivity index (χ1v) is 9.82. The van der Waals surface area contributed by atoms with Crippen LogP contribution in [0.3, 0.4) is 0 Å². The van der Waals surface area contributed by atoms with Gasteiger partial charge in [-0.15, -0.1) is 0 Å². The number of hydrogen-bond donors (Lipinski definition) is 0. The van der Waals surface area contributed by atoms with Crippen molar-refractivity contribution in [3.05, 3.63) is 103 Å². The second-order valence-electron chi connectivity index (χ2n) is 7.35. The van der Waals surface area contributed by atoms with E-state index in [4.69, 9.17) is 4.74 Å². The van der Waals surface area contributed by atoms with Crippen molar-refractivity contribution < 1.29 is 9.14 Å². The summed E-state index contributed by atoms with van der Waals surface area (Å²) in [6.45, 7) is 2.15. The number of fused-ring (bicyclic) bond motifs is 3. The Hall–Kier alpha value is -3.65. The number of aryl methyl sites for hydroxylation is 1. The normalized spacial score (nSPS) is 11.1. The average Bonchev–Trinajstić information content (AvgIpc) is 2.79. The molecule has 5 aromatic rings. The van der Waals surface area contributed by atoms with Crippen LogP contribution < -0.4 is 9.14 Å². The van der Waals surface area contributed by atoms with Gasteiger partial charge in [0.2, 0.25) is 16.9 Å². The van der Waals surface area contributed by atoms with E-state index in [1.165, 1.54) is 33.1 Å². The smallest absolute Gasteiger partial charge is 0.219 e. The topological polar surface area (TPSA) is 13.3 Å². The quantitative estimate of drug-likeness (QED) is 0.269. The zero-order valence-corrected chi connectivity index (χ0v) is 16.6. The molecular weight excluding hydrogens is 354 g/mol. The van der Waals surface area contributed by atoms with Crippen LogP contribution in [0.5, 0.6) is 5.75 Å². The molecule has 0 aliphatic heterocycles. The van der Waals surface area contributed by atoms with E-state index in [-0.39, 0.29) is 0 Å². The Kier molecular flexibility index (Phi) is 4.25. The number of nitrogens with zero attached hydrogens (tertiary/aromatic N) is 1. The van der Waals surface area contributed by atoms with Crippen LogP contribution in [0.2, 0.25) is 0 Å². The molecule has 0 spiro atoms. The van der Waals surface area contributed by atoms with Gasteiger partial charge in [-0.3, -0.25) is 0 Å². The summed E-state index contributed by atoms with van der Waals surface area (Å²) in [5, 5.41) is 2.52. The molecule has 2 aromatic heterocycles. The maximum Gasteiger partial charge on any atom is 0.219 e. The van der Waals surface area contributed by atoms with Crippen molar-refractivity contribution in [1.82, 2.24) is 0 Å². The Morgan fingerprint density at radius 1 is 0.655 bits per heavy atom. The highest BCUT2D eigenvalue weighted by atomic mass is 16.5. The summed E-state index contributed by atoms with van der Waals surface area (Å²) in [4.78, 5) is 0. The first-order chi connectivity index (χ1) is 14.2. The van der Waals surface area contributed by atoms with Crippen molar-refractivity contribution in [2.24, 2.45) is 0 Å². The largest absolute Gasteiger partial charge is 0.497 e. The predicted molar refractivity (Wildman–Crippen MR) is 119 cm³/mol. The average molecular weight is 376 g/mol. The molecular formula is C27H22NO+. The maximum absolute atomic E-state index is 5.35. The van der Waals surface area contributed by atoms with Crippen LogP contribution in [-0.2, 0) is 0 Å². The third-order valence-electron chi connectivity index (χ3n) is 5.46. The minimum atomic E-state index is 0.864. The highest BCUT2D eigenvalue weighted by molar-refractivity contribution is 5.96. The van der Waals surface area contributed by atoms with Crippen LogP contribution in [0.1, 0.15) is 5.56 Å². The summed E-state index contributed by atoms with van der Waals surface area (Å²) >= 11 is 0. The molecule has 0 aliphatic carbocycles. The third-order valence-corrected chi connectivity index (χ3v) is 5.46. The van der Waals surface area contributed by atoms with E-state index in [1.54, 1.807) is 7.11 Å². The van der Waals surface area contributed by atoms with E-state index in [9.17, 15) is 0 Å². The van der Waals surface area contributed by atoms with Crippen LogP contribution in [-0.4, -0.2) is 7.11 Å². The Labute approximate surface area is 170 Å². The summed E-state index contributed by atoms with van der Waals surface area (Å²) in [7, 11) is 1.70. The number of methoxy groups -OCH3 is 1. The number of hydrogen-bond acceptors (Lipinski definition) is 1. The SMILES string of the molecule is COc1ccc(-c2cccc3c4cc(C)ccc4cc(-c4ccccc4)[n+]23)cc1. The standard InChI is InChI=1S/C27H22NO/c1-19-11-12-22-18-27(20-7-4-3-5-8-20)28-25(9-6-10-26(28)24(22)17-19)21-13-15-23(29-2)16-14-21/h3-18H,1-2H3/q+1. The summed E-state index contributed by atoms with van der Waals surface area (Å²) < 4.78 is 7.72. The molecule has 0 radical (unpaired) electrons. The number of pyridine rings is 2. The monoisotopic (exact) mass is 376 g/mol. The lowest BCUT2D eigenvalue weighted by atomic mass is 10.0. The highest BCUT2D eigenvalue weighted by Gasteiger charge is 2.21. The molecule has 0 saturated heterocycles. The lowest BCUT2D eigenvalue weighted by molar-refractivity contribution is -0.485. The molecule has 0 saturated carbocycles. The van der Waals surface area contributed by atoms with Gasteiger partial charge in [0, 0.05) is 29.3 Å². The maximum atomic E-state index is 5.35. The molecule has 2 heterocycles. The summed E-state index contributed by atoms with van der Waals surface area (Å²) in [6.07, 6.45) is 0. The van der Waals surface area contributed by atoms with Crippen LogP contribution in [0.15, 0.2) is 97.1 Å². The number of benzene rings is 3. The Morgan fingerprint density at radius 2 is 1.41 bits per heavy atom. The van der Waals surface area contributed by atoms with Crippen molar-refractivity contribution in [2.45, 2.75) is 6.92 Å². The third kappa shape index (κ3) is 3.03. The number of rotatable bonds is 3. The van der Waals surface area contributed by atoms with Crippen molar-refractivity contribution in [3.63, 3.8) is 0 Å². The second kappa shape index (κ2) is 7.06. The van der Waals surface area contributed by atoms with Gasteiger partial charge < -0.3 is 4.74 Å². The van der Waals surface area contributed by atoms with Gasteiger partial charge in [0.1, 0.15) is 5.75 Å². The van der Waals surface area contributed by atoms with E-state index in [2.05, 4.69) is 96.3 Å². The fraction of sp³-hybridized carbons (Fsp3) is 0.0741. The van der Waals surface area contributed by atoms with Gasteiger partial charge in [-0.05, 0) is 60.8 Å². The first-order valence-electron chi connectivity index (χ1n) is 9.82. The summed E-state index contributed by atoms with van der Waals surface area (Å²) in [5.41, 5.74) is 7.17. The van der Waals surface area contributed by atoms with Gasteiger partial charge in [-0.1, -0.05) is 35.9 Å². The molecule has 0 atom stereocenters. The van der Waals surface area contributed by atoms with Gasteiger partial charge in [-0.2, -0.15) is 4.40 Å². The van der Waals surface area contributed by atoms with E-state index in [1.807, 2.05) is 12.1 Å². The highest BCUT2D eigenvalue weighted by Crippen LogP contribution is 2.28. The number of aromatic nitrogens is 1. The molecule has 2 nitrogen and oxygen atoms in total. The Morgan fingerprint density at radius 3 is 2.17 bits per heavy atom. The van der Waals surface area contributed by atoms with Crippen LogP contribution >= 0.6 is 0 Å². The molecule has 29 heavy (non-hydrogen) atoms. The van der Waals surface area contributed by atoms with Crippen LogP contribution in [0.4, 0.5) is 0 Å². The second-order valence-corrected chi connectivity index (χ2v) is 7.35. The van der Waals surface area contributed by atoms with Crippen LogP contribution in [0, 0.1) is 6.92 Å². The van der Waals surface area contributed by atoms with Crippen molar-refractivity contribution >= 4 is 16.3 Å². The van der Waals surface area contributed by atoms with Crippen molar-refractivity contribution in [3.8, 4) is 28.3 Å². The molecule has 2 heteroatoms. The summed E-state index contributed by atoms with van der Waals surface area (Å²) in [5.74, 6) is 0.864. The van der Waals surface area contributed by atoms with Gasteiger partial charge in [-0.25, -0.2) is 0 Å². The van der Waals surface area contributed by atoms with Gasteiger partial charge in [0.15, 0.2) is 0 Å². The lowest BCUT2D eigenvalue weighted by Crippen LogP contribution is -2.28. The van der Waals surface area contributed by atoms with Crippen molar-refractivity contribution in [2.75, 3.05) is 7.11 Å². The molecule has 3 aromatic carbocycles. The lowest BCUT2D eigenvalue weighted by Gasteiger charge is -2.09. The fourth-order valence-corrected chi connectivity index (χ4v) is 4.02. The first kappa shape index (κ1) is 17.4. The van der Waals surface area contributed by atoms with E-state index in [0.717, 1.165) is 17.0 Å². The Balaban J connectivity index is 1.91. The van der Waals surface area contributed by atoms with E-state index >= 15 is 0 Å². The molecule has 140 valence electrons. The molecule has 0 N–H and O–H groups in total. The zero-order valence-electron chi connectivity index (χ0n) is 16.6. The molecule has 0 aliphatic rings. The van der Waals surface area contributed by atoms with Gasteiger partial charge >= 0.3 is 0 Å². The minimum Gasteiger partial charge on any atom is -0.497 e. The van der Waals surface area contributed by atoms with Crippen LogP contribution in [0.25, 0.3) is 38.8 Å². The van der Waals surface area contributed by atoms with Gasteiger partial charge in [0.25, 0.3) is 0 Å². The van der Waals surface area contributed by atoms with E-state index < -0.39 is 0 Å². The zero-order chi connectivity index (χ0) is 19.8. The molecule has 5 rings (SSSR count). The molecule has 0 unspecified atom stereocenters. The van der Waals surface area contributed by atoms with Crippen molar-refractivity contribution in [1.29, 1.82) is 0 Å². The summed E-state index contributed by atoms with van der Waals surface area (Å²) in [6, 6.07) is 34.4. The van der Waals surface area contributed by atoms with E-state index in [0.29, 0.717) is 0 Å². The fourth-order valence-electron chi connectivity index (χ4n) is 4.02. The predicted octanol–water partition coefficient (Wildman–Crippen LogP) is 6.23. The molecule has 0 amide bonds. The molecule has 0 fully saturated rings. The number of ether oxygens (including phenoxy) is 1. The van der Waals surface area contributed by atoms with Gasteiger partial charge in [0.05, 0.1) is 12.5 Å².